The van der Waals surface area contributed by atoms with Crippen molar-refractivity contribution in [2.24, 2.45) is 17.6 Å². The molecule has 1 rings (SSSR count). The molecule has 0 amide bonds. The van der Waals surface area contributed by atoms with Gasteiger partial charge < -0.3 is 11.1 Å². The molecule has 1 fully saturated rings. The highest BCUT2D eigenvalue weighted by atomic mass is 14.8. The molecule has 0 spiro atoms. The lowest BCUT2D eigenvalue weighted by Gasteiger charge is -2.36. The number of hydrogen-bond donors (Lipinski definition) is 2. The smallest absolute Gasteiger partial charge is 0.0108 e. The van der Waals surface area contributed by atoms with Gasteiger partial charge in [0.1, 0.15) is 0 Å². The molecule has 12 heavy (non-hydrogen) atoms. The summed E-state index contributed by atoms with van der Waals surface area (Å²) in [5, 5.41) is 3.22. The van der Waals surface area contributed by atoms with Gasteiger partial charge in [0.2, 0.25) is 0 Å². The van der Waals surface area contributed by atoms with Crippen LogP contribution >= 0.6 is 0 Å². The summed E-state index contributed by atoms with van der Waals surface area (Å²) in [5.41, 5.74) is 6.18. The first-order valence-electron chi connectivity index (χ1n) is 5.19. The third-order valence-electron chi connectivity index (χ3n) is 3.23. The predicted molar refractivity (Wildman–Crippen MR) is 53.0 cm³/mol. The van der Waals surface area contributed by atoms with Crippen molar-refractivity contribution in [2.45, 2.75) is 38.6 Å². The van der Waals surface area contributed by atoms with Gasteiger partial charge in [-0.3, -0.25) is 0 Å². The summed E-state index contributed by atoms with van der Waals surface area (Å²) in [6, 6.07) is 0.441. The average molecular weight is 170 g/mol. The van der Waals surface area contributed by atoms with Gasteiger partial charge in [-0.1, -0.05) is 19.8 Å². The lowest BCUT2D eigenvalue weighted by atomic mass is 9.74. The Hall–Kier alpha value is -0.0800. The molecule has 0 aromatic rings. The fourth-order valence-corrected chi connectivity index (χ4v) is 2.02. The molecule has 0 radical (unpaired) electrons. The molecule has 0 aromatic carbocycles. The standard InChI is InChI=1S/C10H22N2/c1-3-8(7-12-2)10(11)9-5-4-6-9/h8-10,12H,3-7,11H2,1-2H3. The van der Waals surface area contributed by atoms with Crippen LogP contribution in [0.15, 0.2) is 0 Å². The van der Waals surface area contributed by atoms with Gasteiger partial charge in [-0.05, 0) is 38.3 Å². The molecule has 72 valence electrons. The molecule has 3 N–H and O–H groups in total. The van der Waals surface area contributed by atoms with Gasteiger partial charge in [-0.2, -0.15) is 0 Å². The Balaban J connectivity index is 2.29. The van der Waals surface area contributed by atoms with Crippen molar-refractivity contribution in [3.05, 3.63) is 0 Å². The molecule has 2 nitrogen and oxygen atoms in total. The highest BCUT2D eigenvalue weighted by Crippen LogP contribution is 2.32. The van der Waals surface area contributed by atoms with E-state index in [2.05, 4.69) is 12.2 Å². The van der Waals surface area contributed by atoms with Gasteiger partial charge >= 0.3 is 0 Å². The summed E-state index contributed by atoms with van der Waals surface area (Å²) < 4.78 is 0. The van der Waals surface area contributed by atoms with E-state index in [1.807, 2.05) is 7.05 Å². The first-order chi connectivity index (χ1) is 5.79. The van der Waals surface area contributed by atoms with Gasteiger partial charge in [0, 0.05) is 6.04 Å². The Labute approximate surface area is 75.9 Å². The third-order valence-corrected chi connectivity index (χ3v) is 3.23. The molecule has 2 heteroatoms. The molecule has 1 aliphatic rings. The first-order valence-corrected chi connectivity index (χ1v) is 5.19. The highest BCUT2D eigenvalue weighted by molar-refractivity contribution is 4.85. The van der Waals surface area contributed by atoms with Crippen LogP contribution in [0.2, 0.25) is 0 Å². The van der Waals surface area contributed by atoms with Crippen molar-refractivity contribution in [1.29, 1.82) is 0 Å². The van der Waals surface area contributed by atoms with Crippen molar-refractivity contribution in [3.8, 4) is 0 Å². The van der Waals surface area contributed by atoms with Crippen molar-refractivity contribution in [3.63, 3.8) is 0 Å². The second-order valence-electron chi connectivity index (χ2n) is 3.99. The van der Waals surface area contributed by atoms with Crippen LogP contribution in [-0.2, 0) is 0 Å². The van der Waals surface area contributed by atoms with Crippen LogP contribution in [0.4, 0.5) is 0 Å². The predicted octanol–water partition coefficient (Wildman–Crippen LogP) is 1.36. The van der Waals surface area contributed by atoms with Crippen molar-refractivity contribution >= 4 is 0 Å². The third kappa shape index (κ3) is 2.20. The SMILES string of the molecule is CCC(CNC)C(N)C1CCC1. The van der Waals surface area contributed by atoms with Gasteiger partial charge in [-0.15, -0.1) is 0 Å². The normalized spacial score (nSPS) is 23.2. The maximum absolute atomic E-state index is 6.18. The molecule has 0 aromatic heterocycles. The lowest BCUT2D eigenvalue weighted by molar-refractivity contribution is 0.202. The quantitative estimate of drug-likeness (QED) is 0.654. The zero-order valence-corrected chi connectivity index (χ0v) is 8.34. The van der Waals surface area contributed by atoms with E-state index < -0.39 is 0 Å². The maximum atomic E-state index is 6.18. The summed E-state index contributed by atoms with van der Waals surface area (Å²) >= 11 is 0. The Morgan fingerprint density at radius 2 is 2.17 bits per heavy atom. The van der Waals surface area contributed by atoms with Gasteiger partial charge in [0.15, 0.2) is 0 Å². The maximum Gasteiger partial charge on any atom is 0.0108 e. The second kappa shape index (κ2) is 4.83. The summed E-state index contributed by atoms with van der Waals surface area (Å²) in [5.74, 6) is 1.50. The van der Waals surface area contributed by atoms with Crippen LogP contribution in [0.1, 0.15) is 32.6 Å². The van der Waals surface area contributed by atoms with Crippen LogP contribution < -0.4 is 11.1 Å². The van der Waals surface area contributed by atoms with Crippen LogP contribution in [0, 0.1) is 11.8 Å². The zero-order valence-electron chi connectivity index (χ0n) is 8.34. The van der Waals surface area contributed by atoms with Crippen molar-refractivity contribution in [2.75, 3.05) is 13.6 Å². The zero-order chi connectivity index (χ0) is 8.97. The van der Waals surface area contributed by atoms with Crippen LogP contribution in [0.25, 0.3) is 0 Å². The van der Waals surface area contributed by atoms with E-state index in [0.717, 1.165) is 12.5 Å². The topological polar surface area (TPSA) is 38.0 Å². The van der Waals surface area contributed by atoms with Gasteiger partial charge in [0.25, 0.3) is 0 Å². The number of rotatable bonds is 5. The van der Waals surface area contributed by atoms with E-state index >= 15 is 0 Å². The Morgan fingerprint density at radius 1 is 1.50 bits per heavy atom. The first kappa shape index (κ1) is 10.0. The van der Waals surface area contributed by atoms with Gasteiger partial charge in [-0.25, -0.2) is 0 Å². The minimum absolute atomic E-state index is 0.441. The van der Waals surface area contributed by atoms with E-state index in [4.69, 9.17) is 5.73 Å². The number of hydrogen-bond acceptors (Lipinski definition) is 2. The van der Waals surface area contributed by atoms with Crippen LogP contribution in [0.3, 0.4) is 0 Å². The fourth-order valence-electron chi connectivity index (χ4n) is 2.02. The molecule has 1 saturated carbocycles. The van der Waals surface area contributed by atoms with E-state index in [0.29, 0.717) is 12.0 Å². The lowest BCUT2D eigenvalue weighted by Crippen LogP contribution is -2.44. The number of nitrogens with two attached hydrogens (primary N) is 1. The molecule has 2 atom stereocenters. The Kier molecular flexibility index (Phi) is 4.02. The largest absolute Gasteiger partial charge is 0.327 e. The fraction of sp³-hybridized carbons (Fsp3) is 1.00. The molecule has 0 bridgehead atoms. The summed E-state index contributed by atoms with van der Waals surface area (Å²) in [7, 11) is 2.01. The summed E-state index contributed by atoms with van der Waals surface area (Å²) in [6.45, 7) is 3.31. The number of nitrogens with one attached hydrogen (secondary N) is 1. The highest BCUT2D eigenvalue weighted by Gasteiger charge is 2.28. The Morgan fingerprint density at radius 3 is 2.50 bits per heavy atom. The van der Waals surface area contributed by atoms with Crippen molar-refractivity contribution in [1.82, 2.24) is 5.32 Å². The van der Waals surface area contributed by atoms with Crippen molar-refractivity contribution < 1.29 is 0 Å². The van der Waals surface area contributed by atoms with E-state index in [1.165, 1.54) is 25.7 Å². The van der Waals surface area contributed by atoms with E-state index in [9.17, 15) is 0 Å². The minimum atomic E-state index is 0.441. The molecular formula is C10H22N2. The van der Waals surface area contributed by atoms with Crippen LogP contribution in [0.5, 0.6) is 0 Å². The average Bonchev–Trinajstić information content (AvgIpc) is 1.96. The van der Waals surface area contributed by atoms with Gasteiger partial charge in [0.05, 0.1) is 0 Å². The molecular weight excluding hydrogens is 148 g/mol. The van der Waals surface area contributed by atoms with E-state index in [-0.39, 0.29) is 0 Å². The van der Waals surface area contributed by atoms with Crippen LogP contribution in [-0.4, -0.2) is 19.6 Å². The molecule has 2 unspecified atom stereocenters. The monoisotopic (exact) mass is 170 g/mol. The molecule has 1 aliphatic carbocycles. The summed E-state index contributed by atoms with van der Waals surface area (Å²) in [6.07, 6.45) is 5.33. The second-order valence-corrected chi connectivity index (χ2v) is 3.99. The molecule has 0 aliphatic heterocycles. The molecule has 0 heterocycles. The molecule has 0 saturated heterocycles. The van der Waals surface area contributed by atoms with E-state index in [1.54, 1.807) is 0 Å². The summed E-state index contributed by atoms with van der Waals surface area (Å²) in [4.78, 5) is 0. The Bertz CT molecular complexity index is 121. The minimum Gasteiger partial charge on any atom is -0.327 e.